The Kier molecular flexibility index (Phi) is 10.5. The van der Waals surface area contributed by atoms with Crippen molar-refractivity contribution in [3.63, 3.8) is 0 Å². The van der Waals surface area contributed by atoms with Crippen LogP contribution in [0.3, 0.4) is 0 Å². The molecule has 0 aromatic heterocycles. The summed E-state index contributed by atoms with van der Waals surface area (Å²) in [5.74, 6) is 1.16. The van der Waals surface area contributed by atoms with E-state index in [9.17, 15) is 4.79 Å². The summed E-state index contributed by atoms with van der Waals surface area (Å²) in [6, 6.07) is 5.44. The van der Waals surface area contributed by atoms with Gasteiger partial charge >= 0.3 is 0 Å². The fourth-order valence-electron chi connectivity index (χ4n) is 2.86. The number of rotatable bonds is 8. The maximum Gasteiger partial charge on any atom is 0.230 e. The SMILES string of the molecule is COCC1(CNC(=O)CSCc2ccc(Cl)cc2Cl)CCNCC1.Cl. The van der Waals surface area contributed by atoms with Gasteiger partial charge in [-0.3, -0.25) is 4.79 Å². The van der Waals surface area contributed by atoms with E-state index in [0.717, 1.165) is 31.5 Å². The number of piperidine rings is 1. The van der Waals surface area contributed by atoms with Crippen molar-refractivity contribution < 1.29 is 9.53 Å². The van der Waals surface area contributed by atoms with Crippen molar-refractivity contribution in [2.24, 2.45) is 5.41 Å². The van der Waals surface area contributed by atoms with Gasteiger partial charge in [0.15, 0.2) is 0 Å². The van der Waals surface area contributed by atoms with Gasteiger partial charge in [-0.2, -0.15) is 0 Å². The molecule has 1 amide bonds. The molecule has 4 nitrogen and oxygen atoms in total. The summed E-state index contributed by atoms with van der Waals surface area (Å²) in [7, 11) is 1.72. The van der Waals surface area contributed by atoms with E-state index in [1.54, 1.807) is 24.9 Å². The van der Waals surface area contributed by atoms with E-state index in [0.29, 0.717) is 34.7 Å². The minimum atomic E-state index is 0. The molecular formula is C17H25Cl3N2O2S. The van der Waals surface area contributed by atoms with Crippen molar-refractivity contribution >= 4 is 53.3 Å². The van der Waals surface area contributed by atoms with E-state index in [4.69, 9.17) is 27.9 Å². The van der Waals surface area contributed by atoms with Gasteiger partial charge in [-0.05, 0) is 43.6 Å². The minimum absolute atomic E-state index is 0. The lowest BCUT2D eigenvalue weighted by atomic mass is 9.79. The molecule has 142 valence electrons. The van der Waals surface area contributed by atoms with Crippen LogP contribution in [0.2, 0.25) is 10.0 Å². The number of amides is 1. The zero-order valence-corrected chi connectivity index (χ0v) is 17.4. The number of nitrogens with one attached hydrogen (secondary N) is 2. The molecule has 0 unspecified atom stereocenters. The van der Waals surface area contributed by atoms with E-state index in [-0.39, 0.29) is 23.7 Å². The summed E-state index contributed by atoms with van der Waals surface area (Å²) >= 11 is 13.6. The molecule has 1 aliphatic rings. The summed E-state index contributed by atoms with van der Waals surface area (Å²) in [5, 5.41) is 7.68. The third kappa shape index (κ3) is 7.53. The van der Waals surface area contributed by atoms with Gasteiger partial charge in [0.05, 0.1) is 12.4 Å². The van der Waals surface area contributed by atoms with Gasteiger partial charge in [-0.25, -0.2) is 0 Å². The molecule has 8 heteroatoms. The number of carbonyl (C=O) groups is 1. The number of carbonyl (C=O) groups excluding carboxylic acids is 1. The zero-order valence-electron chi connectivity index (χ0n) is 14.3. The van der Waals surface area contributed by atoms with E-state index >= 15 is 0 Å². The predicted octanol–water partition coefficient (Wildman–Crippen LogP) is 3.78. The van der Waals surface area contributed by atoms with Crippen LogP contribution in [-0.2, 0) is 15.3 Å². The molecule has 1 heterocycles. The smallest absolute Gasteiger partial charge is 0.230 e. The first kappa shape index (κ1) is 22.9. The van der Waals surface area contributed by atoms with Crippen LogP contribution in [0.15, 0.2) is 18.2 Å². The Hall–Kier alpha value is -0.170. The van der Waals surface area contributed by atoms with E-state index in [1.165, 1.54) is 0 Å². The van der Waals surface area contributed by atoms with Gasteiger partial charge in [0.2, 0.25) is 5.91 Å². The van der Waals surface area contributed by atoms with Gasteiger partial charge in [0.1, 0.15) is 0 Å². The van der Waals surface area contributed by atoms with Crippen molar-refractivity contribution in [2.75, 3.05) is 39.1 Å². The standard InChI is InChI=1S/C17H24Cl2N2O2S.ClH/c1-23-12-17(4-6-20-7-5-17)11-21-16(22)10-24-9-13-2-3-14(18)8-15(13)19;/h2-3,8,20H,4-7,9-12H2,1H3,(H,21,22);1H. The molecule has 2 rings (SSSR count). The van der Waals surface area contributed by atoms with Crippen molar-refractivity contribution in [3.05, 3.63) is 33.8 Å². The van der Waals surface area contributed by atoms with Crippen molar-refractivity contribution in [3.8, 4) is 0 Å². The van der Waals surface area contributed by atoms with Crippen LogP contribution in [0.5, 0.6) is 0 Å². The second-order valence-electron chi connectivity index (χ2n) is 6.19. The summed E-state index contributed by atoms with van der Waals surface area (Å²) in [6.07, 6.45) is 2.04. The van der Waals surface area contributed by atoms with Crippen LogP contribution < -0.4 is 10.6 Å². The first-order valence-electron chi connectivity index (χ1n) is 8.03. The van der Waals surface area contributed by atoms with E-state index in [2.05, 4.69) is 10.6 Å². The Balaban J connectivity index is 0.00000312. The molecule has 1 aliphatic heterocycles. The lowest BCUT2D eigenvalue weighted by molar-refractivity contribution is -0.119. The molecule has 2 N–H and O–H groups in total. The normalized spacial score (nSPS) is 16.1. The van der Waals surface area contributed by atoms with Crippen LogP contribution in [0.1, 0.15) is 18.4 Å². The first-order chi connectivity index (χ1) is 11.5. The zero-order chi connectivity index (χ0) is 17.4. The maximum absolute atomic E-state index is 12.1. The lowest BCUT2D eigenvalue weighted by Gasteiger charge is -2.37. The Morgan fingerprint density at radius 1 is 1.36 bits per heavy atom. The summed E-state index contributed by atoms with van der Waals surface area (Å²) in [6.45, 7) is 3.30. The molecule has 1 aromatic rings. The van der Waals surface area contributed by atoms with Gasteiger partial charge < -0.3 is 15.4 Å². The first-order valence-corrected chi connectivity index (χ1v) is 9.94. The fourth-order valence-corrected chi connectivity index (χ4v) is 4.28. The van der Waals surface area contributed by atoms with Crippen molar-refractivity contribution in [1.29, 1.82) is 0 Å². The average Bonchev–Trinajstić information content (AvgIpc) is 2.56. The van der Waals surface area contributed by atoms with Crippen LogP contribution in [-0.4, -0.2) is 45.0 Å². The summed E-state index contributed by atoms with van der Waals surface area (Å²) in [4.78, 5) is 12.1. The minimum Gasteiger partial charge on any atom is -0.384 e. The van der Waals surface area contributed by atoms with Gasteiger partial charge in [0.25, 0.3) is 0 Å². The Labute approximate surface area is 170 Å². The van der Waals surface area contributed by atoms with Crippen LogP contribution >= 0.6 is 47.4 Å². The number of thioether (sulfide) groups is 1. The average molecular weight is 428 g/mol. The molecule has 1 fully saturated rings. The highest BCUT2D eigenvalue weighted by molar-refractivity contribution is 7.99. The van der Waals surface area contributed by atoms with Crippen LogP contribution in [0.4, 0.5) is 0 Å². The van der Waals surface area contributed by atoms with Gasteiger partial charge in [-0.1, -0.05) is 29.3 Å². The molecule has 25 heavy (non-hydrogen) atoms. The quantitative estimate of drug-likeness (QED) is 0.663. The molecule has 0 saturated carbocycles. The number of hydrogen-bond donors (Lipinski definition) is 2. The highest BCUT2D eigenvalue weighted by Crippen LogP contribution is 2.28. The van der Waals surface area contributed by atoms with Crippen molar-refractivity contribution in [1.82, 2.24) is 10.6 Å². The molecule has 1 aromatic carbocycles. The molecular weight excluding hydrogens is 403 g/mol. The maximum atomic E-state index is 12.1. The second kappa shape index (κ2) is 11.5. The third-order valence-corrected chi connectivity index (χ3v) is 5.85. The highest BCUT2D eigenvalue weighted by Gasteiger charge is 2.32. The van der Waals surface area contributed by atoms with E-state index < -0.39 is 0 Å². The number of hydrogen-bond acceptors (Lipinski definition) is 4. The van der Waals surface area contributed by atoms with Gasteiger partial charge in [0, 0.05) is 34.9 Å². The van der Waals surface area contributed by atoms with Crippen molar-refractivity contribution in [2.45, 2.75) is 18.6 Å². The molecule has 1 saturated heterocycles. The van der Waals surface area contributed by atoms with Crippen LogP contribution in [0.25, 0.3) is 0 Å². The number of methoxy groups -OCH3 is 1. The fraction of sp³-hybridized carbons (Fsp3) is 0.588. The number of benzene rings is 1. The molecule has 0 bridgehead atoms. The van der Waals surface area contributed by atoms with Gasteiger partial charge in [-0.15, -0.1) is 24.2 Å². The number of halogens is 3. The molecule has 0 aliphatic carbocycles. The molecule has 0 spiro atoms. The van der Waals surface area contributed by atoms with Crippen LogP contribution in [0, 0.1) is 5.41 Å². The largest absolute Gasteiger partial charge is 0.384 e. The second-order valence-corrected chi connectivity index (χ2v) is 8.02. The third-order valence-electron chi connectivity index (χ3n) is 4.28. The summed E-state index contributed by atoms with van der Waals surface area (Å²) < 4.78 is 5.37. The molecule has 0 atom stereocenters. The highest BCUT2D eigenvalue weighted by atomic mass is 35.5. The predicted molar refractivity (Wildman–Crippen MR) is 109 cm³/mol. The summed E-state index contributed by atoms with van der Waals surface area (Å²) in [5.41, 5.74) is 1.05. The topological polar surface area (TPSA) is 50.4 Å². The Bertz CT molecular complexity index is 549. The number of ether oxygens (including phenoxy) is 1. The monoisotopic (exact) mass is 426 g/mol. The molecule has 0 radical (unpaired) electrons. The van der Waals surface area contributed by atoms with E-state index in [1.807, 2.05) is 12.1 Å². The Morgan fingerprint density at radius 2 is 2.08 bits per heavy atom. The lowest BCUT2D eigenvalue weighted by Crippen LogP contribution is -2.47. The Morgan fingerprint density at radius 3 is 2.72 bits per heavy atom.